The zero-order chi connectivity index (χ0) is 18.2. The number of fused-ring (bicyclic) bond motifs is 4. The van der Waals surface area contributed by atoms with E-state index in [1.165, 1.54) is 27.5 Å². The van der Waals surface area contributed by atoms with Crippen LogP contribution in [0.5, 0.6) is 0 Å². The van der Waals surface area contributed by atoms with Gasteiger partial charge in [-0.2, -0.15) is 0 Å². The van der Waals surface area contributed by atoms with Gasteiger partial charge in [0, 0.05) is 5.39 Å². The summed E-state index contributed by atoms with van der Waals surface area (Å²) in [7, 11) is 0. The summed E-state index contributed by atoms with van der Waals surface area (Å²) < 4.78 is 1.11. The van der Waals surface area contributed by atoms with E-state index in [4.69, 9.17) is 0 Å². The number of rotatable bonds is 3. The molecule has 0 bridgehead atoms. The van der Waals surface area contributed by atoms with Crippen LogP contribution in [-0.2, 0) is 11.2 Å². The molecule has 1 amide bonds. The van der Waals surface area contributed by atoms with Crippen LogP contribution >= 0.6 is 11.3 Å². The monoisotopic (exact) mass is 368 g/mol. The van der Waals surface area contributed by atoms with Gasteiger partial charge in [-0.25, -0.2) is 4.98 Å². The number of nitrogens with zero attached hydrogens (tertiary/aromatic N) is 1. The Balaban J connectivity index is 1.40. The first kappa shape index (κ1) is 16.0. The van der Waals surface area contributed by atoms with Crippen LogP contribution in [0, 0.1) is 0 Å². The predicted molar refractivity (Wildman–Crippen MR) is 113 cm³/mol. The zero-order valence-electron chi connectivity index (χ0n) is 14.5. The highest BCUT2D eigenvalue weighted by Crippen LogP contribution is 2.32. The van der Waals surface area contributed by atoms with Crippen LogP contribution in [0.4, 0.5) is 5.13 Å². The zero-order valence-corrected chi connectivity index (χ0v) is 15.3. The molecule has 0 aliphatic carbocycles. The highest BCUT2D eigenvalue weighted by molar-refractivity contribution is 7.23. The van der Waals surface area contributed by atoms with Gasteiger partial charge >= 0.3 is 0 Å². The van der Waals surface area contributed by atoms with Crippen molar-refractivity contribution in [2.45, 2.75) is 6.42 Å². The van der Waals surface area contributed by atoms with Crippen LogP contribution in [0.15, 0.2) is 78.9 Å². The highest BCUT2D eigenvalue weighted by Gasteiger charge is 2.11. The number of carbonyl (C=O) groups excluding carboxylic acids is 1. The Kier molecular flexibility index (Phi) is 3.84. The van der Waals surface area contributed by atoms with Gasteiger partial charge in [-0.15, -0.1) is 0 Å². The minimum absolute atomic E-state index is 0.0476. The molecular formula is C23H16N2OS. The molecule has 0 saturated carbocycles. The normalized spacial score (nSPS) is 11.3. The Hall–Kier alpha value is -3.24. The fourth-order valence-electron chi connectivity index (χ4n) is 3.41. The number of aromatic nitrogens is 1. The molecule has 1 aromatic heterocycles. The predicted octanol–water partition coefficient (Wildman–Crippen LogP) is 5.78. The van der Waals surface area contributed by atoms with E-state index in [1.54, 1.807) is 0 Å². The highest BCUT2D eigenvalue weighted by atomic mass is 32.1. The molecule has 0 atom stereocenters. The molecule has 27 heavy (non-hydrogen) atoms. The van der Waals surface area contributed by atoms with Crippen molar-refractivity contribution in [3.8, 4) is 0 Å². The largest absolute Gasteiger partial charge is 0.302 e. The van der Waals surface area contributed by atoms with Crippen LogP contribution < -0.4 is 5.32 Å². The van der Waals surface area contributed by atoms with Crippen molar-refractivity contribution in [2.24, 2.45) is 0 Å². The Bertz CT molecular complexity index is 1310. The minimum atomic E-state index is -0.0476. The van der Waals surface area contributed by atoms with E-state index in [1.807, 2.05) is 36.4 Å². The van der Waals surface area contributed by atoms with Crippen molar-refractivity contribution < 1.29 is 4.79 Å². The number of thiazole rings is 1. The lowest BCUT2D eigenvalue weighted by molar-refractivity contribution is -0.115. The number of benzene rings is 4. The maximum Gasteiger partial charge on any atom is 0.230 e. The molecule has 5 rings (SSSR count). The van der Waals surface area contributed by atoms with Crippen LogP contribution in [0.2, 0.25) is 0 Å². The molecule has 4 heteroatoms. The van der Waals surface area contributed by atoms with Crippen molar-refractivity contribution in [3.63, 3.8) is 0 Å². The molecule has 0 spiro atoms. The third-order valence-electron chi connectivity index (χ3n) is 4.70. The second kappa shape index (κ2) is 6.49. The lowest BCUT2D eigenvalue weighted by Gasteiger charge is -2.04. The van der Waals surface area contributed by atoms with E-state index in [-0.39, 0.29) is 5.91 Å². The van der Waals surface area contributed by atoms with Crippen molar-refractivity contribution in [1.29, 1.82) is 0 Å². The summed E-state index contributed by atoms with van der Waals surface area (Å²) in [5.41, 5.74) is 1.91. The second-order valence-electron chi connectivity index (χ2n) is 6.56. The van der Waals surface area contributed by atoms with E-state index in [0.717, 1.165) is 21.2 Å². The molecule has 0 saturated heterocycles. The van der Waals surface area contributed by atoms with Crippen LogP contribution in [0.3, 0.4) is 0 Å². The third kappa shape index (κ3) is 3.04. The Morgan fingerprint density at radius 1 is 0.852 bits per heavy atom. The molecular weight excluding hydrogens is 352 g/mol. The van der Waals surface area contributed by atoms with Crippen LogP contribution in [-0.4, -0.2) is 10.9 Å². The van der Waals surface area contributed by atoms with Gasteiger partial charge in [0.15, 0.2) is 5.13 Å². The molecule has 1 N–H and O–H groups in total. The SMILES string of the molecule is O=C(Cc1ccc2ccccc2c1)Nc1nc2ccc3ccccc3c2s1. The quantitative estimate of drug-likeness (QED) is 0.438. The second-order valence-corrected chi connectivity index (χ2v) is 7.56. The average Bonchev–Trinajstić information content (AvgIpc) is 3.10. The molecule has 0 fully saturated rings. The summed E-state index contributed by atoms with van der Waals surface area (Å²) in [6, 6.07) is 26.6. The smallest absolute Gasteiger partial charge is 0.230 e. The van der Waals surface area contributed by atoms with E-state index in [2.05, 4.69) is 52.8 Å². The van der Waals surface area contributed by atoms with E-state index >= 15 is 0 Å². The average molecular weight is 368 g/mol. The molecule has 3 nitrogen and oxygen atoms in total. The number of nitrogens with one attached hydrogen (secondary N) is 1. The molecule has 4 aromatic carbocycles. The lowest BCUT2D eigenvalue weighted by Crippen LogP contribution is -2.14. The van der Waals surface area contributed by atoms with Gasteiger partial charge in [0.25, 0.3) is 0 Å². The summed E-state index contributed by atoms with van der Waals surface area (Å²) in [6.07, 6.45) is 0.335. The molecule has 0 aliphatic heterocycles. The van der Waals surface area contributed by atoms with Gasteiger partial charge in [0.2, 0.25) is 5.91 Å². The fraction of sp³-hybridized carbons (Fsp3) is 0.0435. The number of anilines is 1. The van der Waals surface area contributed by atoms with Gasteiger partial charge in [0.1, 0.15) is 0 Å². The first-order chi connectivity index (χ1) is 13.3. The summed E-state index contributed by atoms with van der Waals surface area (Å²) in [6.45, 7) is 0. The Morgan fingerprint density at radius 3 is 2.48 bits per heavy atom. The van der Waals surface area contributed by atoms with E-state index in [9.17, 15) is 4.79 Å². The number of carbonyl (C=O) groups is 1. The molecule has 130 valence electrons. The van der Waals surface area contributed by atoms with Crippen LogP contribution in [0.1, 0.15) is 5.56 Å². The topological polar surface area (TPSA) is 42.0 Å². The van der Waals surface area contributed by atoms with E-state index in [0.29, 0.717) is 11.6 Å². The Labute approximate surface area is 160 Å². The van der Waals surface area contributed by atoms with Gasteiger partial charge in [-0.05, 0) is 27.8 Å². The summed E-state index contributed by atoms with van der Waals surface area (Å²) in [5.74, 6) is -0.0476. The molecule has 0 aliphatic rings. The maximum atomic E-state index is 12.5. The van der Waals surface area contributed by atoms with Gasteiger partial charge in [-0.3, -0.25) is 4.79 Å². The fourth-order valence-corrected chi connectivity index (χ4v) is 4.42. The summed E-state index contributed by atoms with van der Waals surface area (Å²) in [5, 5.41) is 8.29. The molecule has 1 heterocycles. The first-order valence-corrected chi connectivity index (χ1v) is 9.64. The van der Waals surface area contributed by atoms with E-state index < -0.39 is 0 Å². The molecule has 0 radical (unpaired) electrons. The van der Waals surface area contributed by atoms with Crippen molar-refractivity contribution in [2.75, 3.05) is 5.32 Å². The van der Waals surface area contributed by atoms with Gasteiger partial charge in [0.05, 0.1) is 16.6 Å². The van der Waals surface area contributed by atoms with Crippen molar-refractivity contribution in [3.05, 3.63) is 84.4 Å². The van der Waals surface area contributed by atoms with Crippen molar-refractivity contribution in [1.82, 2.24) is 4.98 Å². The van der Waals surface area contributed by atoms with Gasteiger partial charge < -0.3 is 5.32 Å². The number of amides is 1. The van der Waals surface area contributed by atoms with Gasteiger partial charge in [-0.1, -0.05) is 84.1 Å². The minimum Gasteiger partial charge on any atom is -0.302 e. The molecule has 5 aromatic rings. The van der Waals surface area contributed by atoms with Crippen molar-refractivity contribution >= 4 is 54.1 Å². The molecule has 0 unspecified atom stereocenters. The lowest BCUT2D eigenvalue weighted by atomic mass is 10.1. The first-order valence-electron chi connectivity index (χ1n) is 8.82. The number of hydrogen-bond acceptors (Lipinski definition) is 3. The standard InChI is InChI=1S/C23H16N2OS/c26-21(14-15-9-10-16-5-1-2-7-18(16)13-15)25-23-24-20-12-11-17-6-3-4-8-19(17)22(20)27-23/h1-13H,14H2,(H,24,25,26). The van der Waals surface area contributed by atoms with Crippen LogP contribution in [0.25, 0.3) is 31.8 Å². The number of hydrogen-bond donors (Lipinski definition) is 1. The summed E-state index contributed by atoms with van der Waals surface area (Å²) in [4.78, 5) is 17.1. The summed E-state index contributed by atoms with van der Waals surface area (Å²) >= 11 is 1.53. The maximum absolute atomic E-state index is 12.5. The third-order valence-corrected chi connectivity index (χ3v) is 5.72. The Morgan fingerprint density at radius 2 is 1.59 bits per heavy atom.